The predicted molar refractivity (Wildman–Crippen MR) is 60.4 cm³/mol. The van der Waals surface area contributed by atoms with Crippen LogP contribution >= 0.6 is 22.7 Å². The summed E-state index contributed by atoms with van der Waals surface area (Å²) in [5, 5.41) is 2.11. The molecule has 74 valence electrons. The lowest BCUT2D eigenvalue weighted by atomic mass is 10.3. The second kappa shape index (κ2) is 3.71. The maximum absolute atomic E-state index is 11.4. The fraction of sp³-hybridized carbons (Fsp3) is 0.300. The van der Waals surface area contributed by atoms with Crippen LogP contribution in [-0.2, 0) is 4.74 Å². The number of carbonyl (C=O) groups excluding carboxylic acids is 1. The molecule has 0 saturated carbocycles. The highest BCUT2D eigenvalue weighted by atomic mass is 32.1. The molecular weight excluding hydrogens is 216 g/mol. The second-order valence-electron chi connectivity index (χ2n) is 2.94. The molecule has 2 aromatic rings. The lowest BCUT2D eigenvalue weighted by Gasteiger charge is -1.96. The van der Waals surface area contributed by atoms with Crippen LogP contribution in [0.15, 0.2) is 11.4 Å². The highest BCUT2D eigenvalue weighted by Gasteiger charge is 2.12. The number of aryl methyl sites for hydroxylation is 1. The third-order valence-corrected chi connectivity index (χ3v) is 4.32. The lowest BCUT2D eigenvalue weighted by molar-refractivity contribution is 0.0532. The highest BCUT2D eigenvalue weighted by Crippen LogP contribution is 2.33. The van der Waals surface area contributed by atoms with Gasteiger partial charge < -0.3 is 4.74 Å². The van der Waals surface area contributed by atoms with E-state index in [2.05, 4.69) is 12.3 Å². The molecule has 14 heavy (non-hydrogen) atoms. The Labute approximate surface area is 90.1 Å². The Bertz CT molecular complexity index is 467. The van der Waals surface area contributed by atoms with Crippen LogP contribution in [0.1, 0.15) is 22.2 Å². The smallest absolute Gasteiger partial charge is 0.348 e. The van der Waals surface area contributed by atoms with Gasteiger partial charge in [0.1, 0.15) is 4.88 Å². The molecule has 0 spiro atoms. The first kappa shape index (κ1) is 9.68. The largest absolute Gasteiger partial charge is 0.462 e. The molecule has 0 N–H and O–H groups in total. The van der Waals surface area contributed by atoms with E-state index < -0.39 is 0 Å². The number of fused-ring (bicyclic) bond motifs is 1. The molecule has 0 aliphatic heterocycles. The summed E-state index contributed by atoms with van der Waals surface area (Å²) in [5.41, 5.74) is 1.24. The summed E-state index contributed by atoms with van der Waals surface area (Å²) >= 11 is 3.19. The van der Waals surface area contributed by atoms with E-state index in [9.17, 15) is 4.79 Å². The van der Waals surface area contributed by atoms with Gasteiger partial charge in [-0.3, -0.25) is 0 Å². The summed E-state index contributed by atoms with van der Waals surface area (Å²) < 4.78 is 7.33. The van der Waals surface area contributed by atoms with Crippen molar-refractivity contribution >= 4 is 38.0 Å². The maximum Gasteiger partial charge on any atom is 0.348 e. The van der Waals surface area contributed by atoms with Crippen LogP contribution in [0.4, 0.5) is 0 Å². The number of hydrogen-bond acceptors (Lipinski definition) is 4. The summed E-state index contributed by atoms with van der Waals surface area (Å²) in [6.07, 6.45) is 0. The van der Waals surface area contributed by atoms with E-state index in [0.29, 0.717) is 11.5 Å². The minimum atomic E-state index is -0.208. The molecule has 0 aromatic carbocycles. The van der Waals surface area contributed by atoms with Gasteiger partial charge in [-0.1, -0.05) is 0 Å². The first-order valence-corrected chi connectivity index (χ1v) is 6.06. The fourth-order valence-corrected chi connectivity index (χ4v) is 3.46. The topological polar surface area (TPSA) is 26.3 Å². The zero-order chi connectivity index (χ0) is 10.1. The zero-order valence-electron chi connectivity index (χ0n) is 7.99. The molecule has 0 amide bonds. The van der Waals surface area contributed by atoms with Gasteiger partial charge in [-0.2, -0.15) is 0 Å². The van der Waals surface area contributed by atoms with Crippen LogP contribution in [0.25, 0.3) is 9.40 Å². The molecule has 2 heterocycles. The summed E-state index contributed by atoms with van der Waals surface area (Å²) in [7, 11) is 0. The Morgan fingerprint density at radius 1 is 1.57 bits per heavy atom. The Balaban J connectivity index is 2.40. The van der Waals surface area contributed by atoms with E-state index in [-0.39, 0.29) is 5.97 Å². The van der Waals surface area contributed by atoms with E-state index >= 15 is 0 Å². The molecule has 0 aliphatic carbocycles. The molecule has 0 atom stereocenters. The molecular formula is C10H10O2S2. The Hall–Kier alpha value is -0.870. The molecule has 4 heteroatoms. The summed E-state index contributed by atoms with van der Waals surface area (Å²) in [6, 6.07) is 1.91. The van der Waals surface area contributed by atoms with E-state index in [4.69, 9.17) is 4.74 Å². The first-order chi connectivity index (χ1) is 6.72. The average molecular weight is 226 g/mol. The van der Waals surface area contributed by atoms with Gasteiger partial charge in [-0.25, -0.2) is 4.79 Å². The van der Waals surface area contributed by atoms with Gasteiger partial charge in [0.25, 0.3) is 0 Å². The van der Waals surface area contributed by atoms with Gasteiger partial charge >= 0.3 is 5.97 Å². The van der Waals surface area contributed by atoms with Gasteiger partial charge in [-0.15, -0.1) is 22.7 Å². The Kier molecular flexibility index (Phi) is 2.56. The van der Waals surface area contributed by atoms with Crippen molar-refractivity contribution in [2.75, 3.05) is 6.61 Å². The number of carbonyl (C=O) groups is 1. The third-order valence-electron chi connectivity index (χ3n) is 1.90. The van der Waals surface area contributed by atoms with Gasteiger partial charge in [0.15, 0.2) is 0 Å². The van der Waals surface area contributed by atoms with E-state index in [1.165, 1.54) is 26.3 Å². The molecule has 2 nitrogen and oxygen atoms in total. The quantitative estimate of drug-likeness (QED) is 0.733. The third kappa shape index (κ3) is 1.55. The highest BCUT2D eigenvalue weighted by molar-refractivity contribution is 7.28. The zero-order valence-corrected chi connectivity index (χ0v) is 9.63. The maximum atomic E-state index is 11.4. The van der Waals surface area contributed by atoms with Crippen molar-refractivity contribution in [3.8, 4) is 0 Å². The first-order valence-electron chi connectivity index (χ1n) is 4.37. The number of thiophene rings is 2. The molecule has 0 unspecified atom stereocenters. The van der Waals surface area contributed by atoms with Crippen LogP contribution in [0.5, 0.6) is 0 Å². The standard InChI is InChI=1S/C10H10O2S2/c1-3-12-10(11)8-4-7-9(14-8)6(2)5-13-7/h4-5H,3H2,1-2H3. The average Bonchev–Trinajstić information content (AvgIpc) is 2.69. The minimum absolute atomic E-state index is 0.208. The summed E-state index contributed by atoms with van der Waals surface area (Å²) in [5.74, 6) is -0.208. The van der Waals surface area contributed by atoms with Crippen LogP contribution < -0.4 is 0 Å². The molecule has 0 saturated heterocycles. The second-order valence-corrected chi connectivity index (χ2v) is 4.91. The van der Waals surface area contributed by atoms with Crippen LogP contribution in [0, 0.1) is 6.92 Å². The monoisotopic (exact) mass is 226 g/mol. The molecule has 0 aliphatic rings. The summed E-state index contributed by atoms with van der Waals surface area (Å²) in [6.45, 7) is 4.31. The van der Waals surface area contributed by atoms with Crippen molar-refractivity contribution in [1.82, 2.24) is 0 Å². The lowest BCUT2D eigenvalue weighted by Crippen LogP contribution is -2.01. The van der Waals surface area contributed by atoms with Gasteiger partial charge in [0.2, 0.25) is 0 Å². The number of rotatable bonds is 2. The number of hydrogen-bond donors (Lipinski definition) is 0. The normalized spacial score (nSPS) is 10.7. The van der Waals surface area contributed by atoms with Crippen molar-refractivity contribution in [3.05, 3.63) is 21.9 Å². The predicted octanol–water partition coefficient (Wildman–Crippen LogP) is 3.45. The van der Waals surface area contributed by atoms with Gasteiger partial charge in [0.05, 0.1) is 6.61 Å². The summed E-state index contributed by atoms with van der Waals surface area (Å²) in [4.78, 5) is 12.1. The van der Waals surface area contributed by atoms with Crippen molar-refractivity contribution < 1.29 is 9.53 Å². The van der Waals surface area contributed by atoms with Crippen molar-refractivity contribution in [3.63, 3.8) is 0 Å². The molecule has 2 rings (SSSR count). The molecule has 0 fully saturated rings. The SMILES string of the molecule is CCOC(=O)c1cc2scc(C)c2s1. The minimum Gasteiger partial charge on any atom is -0.462 e. The van der Waals surface area contributed by atoms with Crippen molar-refractivity contribution in [2.24, 2.45) is 0 Å². The molecule has 2 aromatic heterocycles. The van der Waals surface area contributed by atoms with Crippen molar-refractivity contribution in [2.45, 2.75) is 13.8 Å². The van der Waals surface area contributed by atoms with Gasteiger partial charge in [-0.05, 0) is 30.9 Å². The molecule has 0 bridgehead atoms. The van der Waals surface area contributed by atoms with Crippen molar-refractivity contribution in [1.29, 1.82) is 0 Å². The number of ether oxygens (including phenoxy) is 1. The number of esters is 1. The van der Waals surface area contributed by atoms with E-state index in [1.807, 2.05) is 13.0 Å². The van der Waals surface area contributed by atoms with E-state index in [0.717, 1.165) is 0 Å². The fourth-order valence-electron chi connectivity index (χ4n) is 1.24. The van der Waals surface area contributed by atoms with Crippen LogP contribution in [-0.4, -0.2) is 12.6 Å². The Morgan fingerprint density at radius 2 is 2.36 bits per heavy atom. The Morgan fingerprint density at radius 3 is 3.00 bits per heavy atom. The van der Waals surface area contributed by atoms with Gasteiger partial charge in [0, 0.05) is 9.40 Å². The van der Waals surface area contributed by atoms with Crippen LogP contribution in [0.3, 0.4) is 0 Å². The van der Waals surface area contributed by atoms with E-state index in [1.54, 1.807) is 11.3 Å². The van der Waals surface area contributed by atoms with Crippen LogP contribution in [0.2, 0.25) is 0 Å². The molecule has 0 radical (unpaired) electrons.